The number of nitrogens with one attached hydrogen (secondary N) is 2. The Balaban J connectivity index is 1.41. The van der Waals surface area contributed by atoms with Crippen LogP contribution in [0.5, 0.6) is 5.75 Å². The summed E-state index contributed by atoms with van der Waals surface area (Å²) in [5, 5.41) is 7.42. The first-order valence-corrected chi connectivity index (χ1v) is 11.8. The maximum atomic E-state index is 5.56. The molecule has 1 fully saturated rings. The van der Waals surface area contributed by atoms with Crippen LogP contribution in [0.4, 0.5) is 5.69 Å². The molecule has 1 heterocycles. The number of benzene rings is 3. The van der Waals surface area contributed by atoms with Crippen molar-refractivity contribution in [2.75, 3.05) is 32.1 Å². The number of nitrogens with zero attached hydrogens (tertiary/aromatic N) is 1. The van der Waals surface area contributed by atoms with E-state index in [2.05, 4.69) is 88.3 Å². The molecule has 1 aliphatic rings. The van der Waals surface area contributed by atoms with Gasteiger partial charge in [-0.15, -0.1) is 0 Å². The Morgan fingerprint density at radius 3 is 2.41 bits per heavy atom. The van der Waals surface area contributed by atoms with Crippen LogP contribution in [-0.2, 0) is 6.54 Å². The SMILES string of the molecule is COc1ccccc1CN[C@H]1CCCN(CCCNc2ccccc2)[C@H]1c1ccccc1. The van der Waals surface area contributed by atoms with E-state index in [4.69, 9.17) is 4.74 Å². The summed E-state index contributed by atoms with van der Waals surface area (Å²) in [5.41, 5.74) is 3.81. The smallest absolute Gasteiger partial charge is 0.123 e. The molecule has 3 aromatic carbocycles. The number of rotatable bonds is 10. The summed E-state index contributed by atoms with van der Waals surface area (Å²) in [5.74, 6) is 0.955. The van der Waals surface area contributed by atoms with Crippen LogP contribution in [0.2, 0.25) is 0 Å². The Kier molecular flexibility index (Phi) is 8.18. The molecule has 2 N–H and O–H groups in total. The zero-order valence-corrected chi connectivity index (χ0v) is 19.0. The summed E-state index contributed by atoms with van der Waals surface area (Å²) in [4.78, 5) is 2.67. The molecule has 2 atom stereocenters. The van der Waals surface area contributed by atoms with Gasteiger partial charge in [-0.3, -0.25) is 4.90 Å². The van der Waals surface area contributed by atoms with Crippen molar-refractivity contribution in [1.29, 1.82) is 0 Å². The van der Waals surface area contributed by atoms with E-state index in [1.165, 1.54) is 29.7 Å². The van der Waals surface area contributed by atoms with E-state index >= 15 is 0 Å². The topological polar surface area (TPSA) is 36.5 Å². The van der Waals surface area contributed by atoms with Gasteiger partial charge in [-0.25, -0.2) is 0 Å². The fraction of sp³-hybridized carbons (Fsp3) is 0.357. The second-order valence-electron chi connectivity index (χ2n) is 8.48. The lowest BCUT2D eigenvalue weighted by atomic mass is 9.90. The maximum Gasteiger partial charge on any atom is 0.123 e. The minimum atomic E-state index is 0.386. The first-order valence-electron chi connectivity index (χ1n) is 11.8. The van der Waals surface area contributed by atoms with E-state index in [-0.39, 0.29) is 0 Å². The summed E-state index contributed by atoms with van der Waals surface area (Å²) < 4.78 is 5.56. The monoisotopic (exact) mass is 429 g/mol. The molecule has 4 heteroatoms. The van der Waals surface area contributed by atoms with Crippen LogP contribution in [0, 0.1) is 0 Å². The molecule has 3 aromatic rings. The van der Waals surface area contributed by atoms with E-state index in [1.807, 2.05) is 12.1 Å². The van der Waals surface area contributed by atoms with Gasteiger partial charge in [0, 0.05) is 36.9 Å². The van der Waals surface area contributed by atoms with Crippen molar-refractivity contribution >= 4 is 5.69 Å². The second-order valence-corrected chi connectivity index (χ2v) is 8.48. The van der Waals surface area contributed by atoms with Crippen molar-refractivity contribution in [2.45, 2.75) is 37.9 Å². The summed E-state index contributed by atoms with van der Waals surface area (Å²) >= 11 is 0. The van der Waals surface area contributed by atoms with Crippen LogP contribution in [0.1, 0.15) is 36.4 Å². The molecule has 4 nitrogen and oxygen atoms in total. The molecule has 0 radical (unpaired) electrons. The number of para-hydroxylation sites is 2. The Morgan fingerprint density at radius 1 is 0.906 bits per heavy atom. The van der Waals surface area contributed by atoms with Gasteiger partial charge in [0.05, 0.1) is 13.2 Å². The molecule has 0 amide bonds. The van der Waals surface area contributed by atoms with E-state index in [0.29, 0.717) is 12.1 Å². The number of hydrogen-bond donors (Lipinski definition) is 2. The van der Waals surface area contributed by atoms with Gasteiger partial charge in [-0.2, -0.15) is 0 Å². The molecule has 0 aromatic heterocycles. The zero-order valence-electron chi connectivity index (χ0n) is 19.0. The minimum absolute atomic E-state index is 0.386. The normalized spacial score (nSPS) is 18.9. The predicted octanol–water partition coefficient (Wildman–Crippen LogP) is 5.49. The maximum absolute atomic E-state index is 5.56. The summed E-state index contributed by atoms with van der Waals surface area (Å²) in [6.45, 7) is 4.05. The average molecular weight is 430 g/mol. The molecule has 0 saturated carbocycles. The fourth-order valence-electron chi connectivity index (χ4n) is 4.78. The van der Waals surface area contributed by atoms with Gasteiger partial charge in [0.25, 0.3) is 0 Å². The van der Waals surface area contributed by atoms with Crippen molar-refractivity contribution < 1.29 is 4.74 Å². The van der Waals surface area contributed by atoms with Crippen LogP contribution in [0.3, 0.4) is 0 Å². The number of methoxy groups -OCH3 is 1. The molecular weight excluding hydrogens is 394 g/mol. The average Bonchev–Trinajstić information content (AvgIpc) is 2.86. The minimum Gasteiger partial charge on any atom is -0.496 e. The van der Waals surface area contributed by atoms with Gasteiger partial charge in [0.2, 0.25) is 0 Å². The highest BCUT2D eigenvalue weighted by atomic mass is 16.5. The van der Waals surface area contributed by atoms with Crippen molar-refractivity contribution in [3.63, 3.8) is 0 Å². The van der Waals surface area contributed by atoms with Crippen molar-refractivity contribution in [1.82, 2.24) is 10.2 Å². The number of anilines is 1. The molecule has 0 unspecified atom stereocenters. The molecule has 1 saturated heterocycles. The summed E-state index contributed by atoms with van der Waals surface area (Å²) in [7, 11) is 1.75. The zero-order chi connectivity index (χ0) is 22.0. The molecule has 0 spiro atoms. The lowest BCUT2D eigenvalue weighted by molar-refractivity contribution is 0.110. The fourth-order valence-corrected chi connectivity index (χ4v) is 4.78. The largest absolute Gasteiger partial charge is 0.496 e. The second kappa shape index (κ2) is 11.7. The van der Waals surface area contributed by atoms with Gasteiger partial charge in [-0.05, 0) is 49.6 Å². The van der Waals surface area contributed by atoms with Crippen LogP contribution < -0.4 is 15.4 Å². The quantitative estimate of drug-likeness (QED) is 0.418. The van der Waals surface area contributed by atoms with Crippen molar-refractivity contribution in [3.05, 3.63) is 96.1 Å². The Morgan fingerprint density at radius 2 is 1.62 bits per heavy atom. The molecular formula is C28H35N3O. The Hall–Kier alpha value is -2.82. The number of piperidine rings is 1. The molecule has 1 aliphatic heterocycles. The highest BCUT2D eigenvalue weighted by Gasteiger charge is 2.32. The lowest BCUT2D eigenvalue weighted by Crippen LogP contribution is -2.48. The van der Waals surface area contributed by atoms with Gasteiger partial charge in [-0.1, -0.05) is 66.7 Å². The molecule has 4 rings (SSSR count). The first kappa shape index (κ1) is 22.4. The number of likely N-dealkylation sites (tertiary alicyclic amines) is 1. The third-order valence-corrected chi connectivity index (χ3v) is 6.35. The van der Waals surface area contributed by atoms with Gasteiger partial charge in [0.1, 0.15) is 5.75 Å². The van der Waals surface area contributed by atoms with E-state index in [9.17, 15) is 0 Å². The van der Waals surface area contributed by atoms with Crippen LogP contribution in [0.25, 0.3) is 0 Å². The van der Waals surface area contributed by atoms with E-state index in [1.54, 1.807) is 7.11 Å². The Labute approximate surface area is 192 Å². The van der Waals surface area contributed by atoms with Crippen LogP contribution in [0.15, 0.2) is 84.9 Å². The van der Waals surface area contributed by atoms with Crippen molar-refractivity contribution in [3.8, 4) is 5.75 Å². The lowest BCUT2D eigenvalue weighted by Gasteiger charge is -2.42. The standard InChI is InChI=1S/C28H35N3O/c1-32-27-18-9-8-14-24(27)22-30-26-17-10-20-31(28(26)23-12-4-2-5-13-23)21-11-19-29-25-15-6-3-7-16-25/h2-9,12-16,18,26,28-30H,10-11,17,19-22H2,1H3/t26-,28-/m0/s1. The third kappa shape index (κ3) is 5.90. The molecule has 168 valence electrons. The summed E-state index contributed by atoms with van der Waals surface area (Å²) in [6.07, 6.45) is 3.53. The predicted molar refractivity (Wildman–Crippen MR) is 133 cm³/mol. The van der Waals surface area contributed by atoms with Gasteiger partial charge in [0.15, 0.2) is 0 Å². The van der Waals surface area contributed by atoms with Crippen LogP contribution in [-0.4, -0.2) is 37.7 Å². The van der Waals surface area contributed by atoms with Crippen molar-refractivity contribution in [2.24, 2.45) is 0 Å². The third-order valence-electron chi connectivity index (χ3n) is 6.35. The highest BCUT2D eigenvalue weighted by molar-refractivity contribution is 5.42. The first-order chi connectivity index (χ1) is 15.8. The molecule has 32 heavy (non-hydrogen) atoms. The number of ether oxygens (including phenoxy) is 1. The van der Waals surface area contributed by atoms with Gasteiger partial charge < -0.3 is 15.4 Å². The van der Waals surface area contributed by atoms with E-state index < -0.39 is 0 Å². The Bertz CT molecular complexity index is 932. The molecule has 0 aliphatic carbocycles. The highest BCUT2D eigenvalue weighted by Crippen LogP contribution is 2.32. The van der Waals surface area contributed by atoms with E-state index in [0.717, 1.165) is 38.3 Å². The summed E-state index contributed by atoms with van der Waals surface area (Å²) in [6, 6.07) is 30.6. The molecule has 0 bridgehead atoms. The number of hydrogen-bond acceptors (Lipinski definition) is 4. The van der Waals surface area contributed by atoms with Gasteiger partial charge >= 0.3 is 0 Å². The van der Waals surface area contributed by atoms with Crippen LogP contribution >= 0.6 is 0 Å².